The van der Waals surface area contributed by atoms with Crippen molar-refractivity contribution in [3.63, 3.8) is 0 Å². The first-order valence-corrected chi connectivity index (χ1v) is 12.4. The molecule has 1 unspecified atom stereocenters. The van der Waals surface area contributed by atoms with Crippen LogP contribution < -0.4 is 10.9 Å². The number of allylic oxidation sites excluding steroid dienone is 5. The summed E-state index contributed by atoms with van der Waals surface area (Å²) in [5, 5.41) is 4.37. The lowest BCUT2D eigenvalue weighted by atomic mass is 9.97. The fourth-order valence-electron chi connectivity index (χ4n) is 4.04. The molecule has 0 aromatic carbocycles. The van der Waals surface area contributed by atoms with E-state index in [2.05, 4.69) is 36.2 Å². The highest BCUT2D eigenvalue weighted by atomic mass is 32.2. The molecule has 4 rings (SSSR count). The normalized spacial score (nSPS) is 17.8. The summed E-state index contributed by atoms with van der Waals surface area (Å²) in [6.07, 6.45) is 16.4. The van der Waals surface area contributed by atoms with Crippen molar-refractivity contribution in [3.8, 4) is 0 Å². The van der Waals surface area contributed by atoms with Crippen molar-refractivity contribution in [2.75, 3.05) is 12.3 Å². The van der Waals surface area contributed by atoms with Gasteiger partial charge in [0.2, 0.25) is 5.91 Å². The van der Waals surface area contributed by atoms with Crippen molar-refractivity contribution in [1.82, 2.24) is 14.9 Å². The molecule has 30 heavy (non-hydrogen) atoms. The highest BCUT2D eigenvalue weighted by Crippen LogP contribution is 2.34. The highest BCUT2D eigenvalue weighted by molar-refractivity contribution is 7.99. The van der Waals surface area contributed by atoms with Gasteiger partial charge in [-0.05, 0) is 50.0 Å². The lowest BCUT2D eigenvalue weighted by Crippen LogP contribution is -2.28. The molecule has 1 amide bonds. The highest BCUT2D eigenvalue weighted by Gasteiger charge is 2.22. The number of amides is 1. The van der Waals surface area contributed by atoms with Crippen LogP contribution in [0.25, 0.3) is 10.2 Å². The fraction of sp³-hybridized carbons (Fsp3) is 0.435. The SMILES string of the molecule is C=CCn1c(SCC(=O)NCCC2C=CC=CC2)nc2sc3c(c2c1=O)CCCC3. The molecule has 2 aliphatic carbocycles. The topological polar surface area (TPSA) is 64.0 Å². The molecular formula is C23H27N3O2S2. The van der Waals surface area contributed by atoms with Gasteiger partial charge in [-0.15, -0.1) is 17.9 Å². The number of thioether (sulfide) groups is 1. The van der Waals surface area contributed by atoms with Gasteiger partial charge in [-0.1, -0.05) is 42.1 Å². The van der Waals surface area contributed by atoms with Crippen LogP contribution in [-0.2, 0) is 24.2 Å². The molecule has 2 aromatic rings. The summed E-state index contributed by atoms with van der Waals surface area (Å²) in [5.74, 6) is 0.718. The smallest absolute Gasteiger partial charge is 0.263 e. The van der Waals surface area contributed by atoms with E-state index in [1.807, 2.05) is 0 Å². The fourth-order valence-corrected chi connectivity index (χ4v) is 6.19. The Morgan fingerprint density at radius 3 is 3.03 bits per heavy atom. The van der Waals surface area contributed by atoms with Gasteiger partial charge in [0.1, 0.15) is 4.83 Å². The summed E-state index contributed by atoms with van der Waals surface area (Å²) < 4.78 is 1.66. The van der Waals surface area contributed by atoms with Crippen LogP contribution in [0.3, 0.4) is 0 Å². The molecular weight excluding hydrogens is 414 g/mol. The van der Waals surface area contributed by atoms with E-state index in [0.29, 0.717) is 24.2 Å². The molecule has 0 spiro atoms. The molecule has 2 aliphatic rings. The van der Waals surface area contributed by atoms with E-state index in [-0.39, 0.29) is 17.2 Å². The van der Waals surface area contributed by atoms with Crippen molar-refractivity contribution in [3.05, 3.63) is 57.8 Å². The maximum absolute atomic E-state index is 13.2. The molecule has 0 saturated carbocycles. The summed E-state index contributed by atoms with van der Waals surface area (Å²) in [6, 6.07) is 0. The zero-order valence-corrected chi connectivity index (χ0v) is 18.7. The number of hydrogen-bond donors (Lipinski definition) is 1. The van der Waals surface area contributed by atoms with E-state index < -0.39 is 0 Å². The van der Waals surface area contributed by atoms with Crippen LogP contribution in [0, 0.1) is 5.92 Å². The summed E-state index contributed by atoms with van der Waals surface area (Å²) >= 11 is 2.97. The maximum Gasteiger partial charge on any atom is 0.263 e. The Kier molecular flexibility index (Phi) is 6.89. The Bertz CT molecular complexity index is 1060. The van der Waals surface area contributed by atoms with E-state index >= 15 is 0 Å². The zero-order valence-electron chi connectivity index (χ0n) is 17.1. The Hall–Kier alpha value is -2.12. The Labute approximate surface area is 185 Å². The van der Waals surface area contributed by atoms with Crippen LogP contribution >= 0.6 is 23.1 Å². The predicted octanol–water partition coefficient (Wildman–Crippen LogP) is 4.25. The second-order valence-corrected chi connectivity index (χ2v) is 9.75. The standard InChI is InChI=1S/C23H27N3O2S2/c1-2-14-26-22(28)20-17-10-6-7-11-18(17)30-21(20)25-23(26)29-15-19(27)24-13-12-16-8-4-3-5-9-16/h2-5,8,16H,1,6-7,9-15H2,(H,24,27). The third-order valence-electron chi connectivity index (χ3n) is 5.59. The van der Waals surface area contributed by atoms with Crippen molar-refractivity contribution >= 4 is 39.2 Å². The number of hydrogen-bond acceptors (Lipinski definition) is 5. The number of nitrogens with zero attached hydrogens (tertiary/aromatic N) is 2. The van der Waals surface area contributed by atoms with Gasteiger partial charge in [-0.3, -0.25) is 14.2 Å². The van der Waals surface area contributed by atoms with Crippen LogP contribution in [-0.4, -0.2) is 27.8 Å². The van der Waals surface area contributed by atoms with Crippen LogP contribution in [0.4, 0.5) is 0 Å². The van der Waals surface area contributed by atoms with Gasteiger partial charge < -0.3 is 5.32 Å². The third-order valence-corrected chi connectivity index (χ3v) is 7.75. The Morgan fingerprint density at radius 2 is 2.23 bits per heavy atom. The van der Waals surface area contributed by atoms with Gasteiger partial charge in [-0.2, -0.15) is 0 Å². The minimum atomic E-state index is -0.0275. The van der Waals surface area contributed by atoms with Crippen LogP contribution in [0.15, 0.2) is 46.9 Å². The molecule has 158 valence electrons. The van der Waals surface area contributed by atoms with Gasteiger partial charge in [0.05, 0.1) is 11.1 Å². The van der Waals surface area contributed by atoms with Gasteiger partial charge in [-0.25, -0.2) is 4.98 Å². The Morgan fingerprint density at radius 1 is 1.37 bits per heavy atom. The number of fused-ring (bicyclic) bond motifs is 3. The summed E-state index contributed by atoms with van der Waals surface area (Å²) in [7, 11) is 0. The monoisotopic (exact) mass is 441 g/mol. The van der Waals surface area contributed by atoms with Crippen molar-refractivity contribution in [2.45, 2.75) is 50.2 Å². The molecule has 2 heterocycles. The average molecular weight is 442 g/mol. The number of carbonyl (C=O) groups excluding carboxylic acids is 1. The van der Waals surface area contributed by atoms with Gasteiger partial charge in [0.15, 0.2) is 5.16 Å². The van der Waals surface area contributed by atoms with E-state index in [0.717, 1.165) is 42.3 Å². The van der Waals surface area contributed by atoms with E-state index in [9.17, 15) is 9.59 Å². The number of aromatic nitrogens is 2. The maximum atomic E-state index is 13.2. The quantitative estimate of drug-likeness (QED) is 0.378. The van der Waals surface area contributed by atoms with Crippen molar-refractivity contribution in [1.29, 1.82) is 0 Å². The van der Waals surface area contributed by atoms with Crippen LogP contribution in [0.5, 0.6) is 0 Å². The van der Waals surface area contributed by atoms with E-state index in [1.165, 1.54) is 28.6 Å². The van der Waals surface area contributed by atoms with Gasteiger partial charge >= 0.3 is 0 Å². The zero-order chi connectivity index (χ0) is 20.9. The third kappa shape index (κ3) is 4.62. The lowest BCUT2D eigenvalue weighted by molar-refractivity contribution is -0.118. The van der Waals surface area contributed by atoms with E-state index in [4.69, 9.17) is 4.98 Å². The number of aryl methyl sites for hydroxylation is 2. The number of rotatable bonds is 8. The first-order chi connectivity index (χ1) is 14.7. The molecule has 0 aliphatic heterocycles. The molecule has 0 bridgehead atoms. The summed E-state index contributed by atoms with van der Waals surface area (Å²) in [5.41, 5.74) is 1.19. The number of carbonyl (C=O) groups is 1. The van der Waals surface area contributed by atoms with Gasteiger partial charge in [0, 0.05) is 18.0 Å². The molecule has 1 atom stereocenters. The molecule has 2 aromatic heterocycles. The van der Waals surface area contributed by atoms with Crippen LogP contribution in [0.2, 0.25) is 0 Å². The molecule has 0 fully saturated rings. The Balaban J connectivity index is 1.45. The lowest BCUT2D eigenvalue weighted by Gasteiger charge is -2.14. The molecule has 0 saturated heterocycles. The van der Waals surface area contributed by atoms with Crippen LogP contribution in [0.1, 0.15) is 36.1 Å². The van der Waals surface area contributed by atoms with Crippen molar-refractivity contribution in [2.24, 2.45) is 5.92 Å². The van der Waals surface area contributed by atoms with Crippen molar-refractivity contribution < 1.29 is 4.79 Å². The first kappa shape index (κ1) is 21.1. The average Bonchev–Trinajstić information content (AvgIpc) is 3.14. The summed E-state index contributed by atoms with van der Waals surface area (Å²) in [4.78, 5) is 32.5. The van der Waals surface area contributed by atoms with E-state index in [1.54, 1.807) is 22.0 Å². The number of nitrogens with one attached hydrogen (secondary N) is 1. The second-order valence-electron chi connectivity index (χ2n) is 7.73. The molecule has 1 N–H and O–H groups in total. The molecule has 7 heteroatoms. The van der Waals surface area contributed by atoms with Gasteiger partial charge in [0.25, 0.3) is 5.56 Å². The minimum Gasteiger partial charge on any atom is -0.355 e. The first-order valence-electron chi connectivity index (χ1n) is 10.6. The minimum absolute atomic E-state index is 0.000603. The largest absolute Gasteiger partial charge is 0.355 e. The predicted molar refractivity (Wildman–Crippen MR) is 125 cm³/mol. The summed E-state index contributed by atoms with van der Waals surface area (Å²) in [6.45, 7) is 4.85. The molecule has 5 nitrogen and oxygen atoms in total. The second kappa shape index (κ2) is 9.79. The number of thiophene rings is 1. The molecule has 0 radical (unpaired) electrons.